The topological polar surface area (TPSA) is 80.8 Å². The molecule has 1 spiro atoms. The standard InChI is InChI=1S/C26H14Cl3NO5/c27-13-7-5-12(6-8-13)21-19-20(25(34)30(24(19)33)16-10-14(28)9-15(29)11-16)26(35-21)22(31)17-3-1-2-4-18(17)23(26)32/h1-11,19-21H/t19-,20-,21-/m0/s1. The van der Waals surface area contributed by atoms with E-state index >= 15 is 0 Å². The van der Waals surface area contributed by atoms with Crippen molar-refractivity contribution in [2.45, 2.75) is 11.7 Å². The van der Waals surface area contributed by atoms with Crippen molar-refractivity contribution in [3.05, 3.63) is 98.5 Å². The van der Waals surface area contributed by atoms with Crippen LogP contribution in [-0.4, -0.2) is 29.0 Å². The highest BCUT2D eigenvalue weighted by atomic mass is 35.5. The Labute approximate surface area is 214 Å². The van der Waals surface area contributed by atoms with E-state index < -0.39 is 46.9 Å². The lowest BCUT2D eigenvalue weighted by Gasteiger charge is -2.27. The fraction of sp³-hybridized carbons (Fsp3) is 0.154. The van der Waals surface area contributed by atoms with Gasteiger partial charge in [-0.1, -0.05) is 71.2 Å². The lowest BCUT2D eigenvalue weighted by molar-refractivity contribution is -0.127. The number of imide groups is 1. The second kappa shape index (κ2) is 7.73. The molecule has 2 saturated heterocycles. The molecule has 6 rings (SSSR count). The lowest BCUT2D eigenvalue weighted by atomic mass is 9.77. The first kappa shape index (κ1) is 22.4. The molecule has 3 atom stereocenters. The quantitative estimate of drug-likeness (QED) is 0.333. The summed E-state index contributed by atoms with van der Waals surface area (Å²) in [6, 6.07) is 17.2. The number of carbonyl (C=O) groups excluding carboxylic acids is 4. The number of hydrogen-bond acceptors (Lipinski definition) is 5. The number of Topliss-reactive ketones (excluding diaryl/α,β-unsaturated/α-hetero) is 2. The molecule has 35 heavy (non-hydrogen) atoms. The third kappa shape index (κ3) is 3.01. The van der Waals surface area contributed by atoms with Crippen LogP contribution in [0.15, 0.2) is 66.7 Å². The molecule has 0 bridgehead atoms. The van der Waals surface area contributed by atoms with Gasteiger partial charge in [-0.2, -0.15) is 0 Å². The molecule has 0 saturated carbocycles. The van der Waals surface area contributed by atoms with Crippen LogP contribution in [0.4, 0.5) is 5.69 Å². The maximum Gasteiger partial charge on any atom is 0.241 e. The van der Waals surface area contributed by atoms with Crippen LogP contribution in [0.5, 0.6) is 0 Å². The van der Waals surface area contributed by atoms with Crippen molar-refractivity contribution in [2.75, 3.05) is 4.90 Å². The van der Waals surface area contributed by atoms with Gasteiger partial charge >= 0.3 is 0 Å². The third-order valence-electron chi connectivity index (χ3n) is 6.82. The minimum atomic E-state index is -2.15. The summed E-state index contributed by atoms with van der Waals surface area (Å²) in [6.07, 6.45) is -1.03. The van der Waals surface area contributed by atoms with Crippen molar-refractivity contribution in [2.24, 2.45) is 11.8 Å². The summed E-state index contributed by atoms with van der Waals surface area (Å²) in [7, 11) is 0. The van der Waals surface area contributed by atoms with E-state index in [1.165, 1.54) is 30.3 Å². The first-order valence-electron chi connectivity index (χ1n) is 10.7. The SMILES string of the molecule is O=C1[C@H]2[C@@H](C(=O)N1c1cc(Cl)cc(Cl)c1)C1(O[C@H]2c2ccc(Cl)cc2)C(=O)c2ccccc2C1=O. The monoisotopic (exact) mass is 525 g/mol. The fourth-order valence-corrected chi connectivity index (χ4v) is 6.03. The van der Waals surface area contributed by atoms with Gasteiger partial charge < -0.3 is 4.74 Å². The number of nitrogens with zero attached hydrogens (tertiary/aromatic N) is 1. The first-order valence-corrected chi connectivity index (χ1v) is 11.8. The molecule has 2 heterocycles. The second-order valence-corrected chi connectivity index (χ2v) is 9.98. The molecular weight excluding hydrogens is 513 g/mol. The molecular formula is C26H14Cl3NO5. The Balaban J connectivity index is 1.55. The van der Waals surface area contributed by atoms with E-state index in [1.807, 2.05) is 0 Å². The second-order valence-electron chi connectivity index (χ2n) is 8.67. The normalized spacial score (nSPS) is 24.4. The number of halogens is 3. The van der Waals surface area contributed by atoms with Crippen LogP contribution in [0, 0.1) is 11.8 Å². The van der Waals surface area contributed by atoms with E-state index in [0.29, 0.717) is 10.6 Å². The van der Waals surface area contributed by atoms with Crippen molar-refractivity contribution in [3.8, 4) is 0 Å². The number of fused-ring (bicyclic) bond motifs is 3. The number of hydrogen-bond donors (Lipinski definition) is 0. The van der Waals surface area contributed by atoms with Gasteiger partial charge in [0.2, 0.25) is 29.0 Å². The van der Waals surface area contributed by atoms with Gasteiger partial charge in [0.25, 0.3) is 0 Å². The zero-order valence-electron chi connectivity index (χ0n) is 17.7. The largest absolute Gasteiger partial charge is 0.349 e. The molecule has 3 aliphatic rings. The van der Waals surface area contributed by atoms with E-state index in [2.05, 4.69) is 0 Å². The Bertz CT molecular complexity index is 1410. The first-order chi connectivity index (χ1) is 16.7. The number of benzene rings is 3. The highest BCUT2D eigenvalue weighted by Gasteiger charge is 2.74. The summed E-state index contributed by atoms with van der Waals surface area (Å²) in [5, 5.41) is 0.916. The molecule has 6 nitrogen and oxygen atoms in total. The summed E-state index contributed by atoms with van der Waals surface area (Å²) in [6.45, 7) is 0. The van der Waals surface area contributed by atoms with Gasteiger partial charge in [0, 0.05) is 26.2 Å². The van der Waals surface area contributed by atoms with Crippen molar-refractivity contribution in [1.29, 1.82) is 0 Å². The van der Waals surface area contributed by atoms with Crippen LogP contribution < -0.4 is 4.90 Å². The molecule has 2 fully saturated rings. The number of ketones is 2. The Morgan fingerprint density at radius 3 is 1.86 bits per heavy atom. The van der Waals surface area contributed by atoms with Crippen molar-refractivity contribution in [1.82, 2.24) is 0 Å². The van der Waals surface area contributed by atoms with Crippen LogP contribution in [-0.2, 0) is 14.3 Å². The third-order valence-corrected chi connectivity index (χ3v) is 7.51. The predicted molar refractivity (Wildman–Crippen MR) is 129 cm³/mol. The van der Waals surface area contributed by atoms with Crippen molar-refractivity contribution >= 4 is 63.9 Å². The van der Waals surface area contributed by atoms with Gasteiger partial charge in [0.15, 0.2) is 0 Å². The zero-order valence-corrected chi connectivity index (χ0v) is 20.0. The predicted octanol–water partition coefficient (Wildman–Crippen LogP) is 5.34. The molecule has 174 valence electrons. The summed E-state index contributed by atoms with van der Waals surface area (Å²) >= 11 is 18.3. The average molecular weight is 527 g/mol. The van der Waals surface area contributed by atoms with Gasteiger partial charge in [-0.3, -0.25) is 19.2 Å². The molecule has 3 aromatic rings. The summed E-state index contributed by atoms with van der Waals surface area (Å²) < 4.78 is 6.22. The summed E-state index contributed by atoms with van der Waals surface area (Å²) in [4.78, 5) is 56.0. The molecule has 2 aliphatic heterocycles. The van der Waals surface area contributed by atoms with Gasteiger partial charge in [-0.15, -0.1) is 0 Å². The molecule has 9 heteroatoms. The number of anilines is 1. The number of amides is 2. The van der Waals surface area contributed by atoms with Crippen molar-refractivity contribution < 1.29 is 23.9 Å². The minimum absolute atomic E-state index is 0.160. The van der Waals surface area contributed by atoms with E-state index in [0.717, 1.165) is 4.90 Å². The van der Waals surface area contributed by atoms with E-state index in [4.69, 9.17) is 39.5 Å². The van der Waals surface area contributed by atoms with Crippen LogP contribution in [0.3, 0.4) is 0 Å². The number of carbonyl (C=O) groups is 4. The fourth-order valence-electron chi connectivity index (χ4n) is 5.39. The smallest absolute Gasteiger partial charge is 0.241 e. The minimum Gasteiger partial charge on any atom is -0.349 e. The maximum atomic E-state index is 13.9. The zero-order chi connectivity index (χ0) is 24.6. The van der Waals surface area contributed by atoms with Crippen LogP contribution in [0.2, 0.25) is 15.1 Å². The van der Waals surface area contributed by atoms with E-state index in [9.17, 15) is 19.2 Å². The summed E-state index contributed by atoms with van der Waals surface area (Å²) in [5.74, 6) is -5.06. The van der Waals surface area contributed by atoms with Crippen molar-refractivity contribution in [3.63, 3.8) is 0 Å². The molecule has 3 aromatic carbocycles. The molecule has 0 unspecified atom stereocenters. The van der Waals surface area contributed by atoms with E-state index in [-0.39, 0.29) is 26.9 Å². The van der Waals surface area contributed by atoms with Crippen LogP contribution >= 0.6 is 34.8 Å². The number of ether oxygens (including phenoxy) is 1. The Morgan fingerprint density at radius 1 is 0.714 bits per heavy atom. The molecule has 0 aromatic heterocycles. The maximum absolute atomic E-state index is 13.9. The molecule has 0 N–H and O–H groups in total. The molecule has 1 aliphatic carbocycles. The average Bonchev–Trinajstić information content (AvgIpc) is 3.39. The Hall–Kier alpha value is -3.03. The number of rotatable bonds is 2. The van der Waals surface area contributed by atoms with Gasteiger partial charge in [0.1, 0.15) is 0 Å². The van der Waals surface area contributed by atoms with Gasteiger partial charge in [0.05, 0.1) is 23.6 Å². The van der Waals surface area contributed by atoms with Crippen LogP contribution in [0.25, 0.3) is 0 Å². The van der Waals surface area contributed by atoms with Crippen LogP contribution in [0.1, 0.15) is 32.4 Å². The highest BCUT2D eigenvalue weighted by molar-refractivity contribution is 6.38. The van der Waals surface area contributed by atoms with Gasteiger partial charge in [-0.05, 0) is 35.9 Å². The van der Waals surface area contributed by atoms with E-state index in [1.54, 1.807) is 36.4 Å². The highest BCUT2D eigenvalue weighted by Crippen LogP contribution is 2.57. The Kier molecular flexibility index (Phi) is 4.96. The van der Waals surface area contributed by atoms with Gasteiger partial charge in [-0.25, -0.2) is 4.90 Å². The Morgan fingerprint density at radius 2 is 1.29 bits per heavy atom. The molecule has 2 amide bonds. The lowest BCUT2D eigenvalue weighted by Crippen LogP contribution is -2.51. The molecule has 0 radical (unpaired) electrons. The summed E-state index contributed by atoms with van der Waals surface area (Å²) in [5.41, 5.74) is -1.14.